The Kier molecular flexibility index (Phi) is 3.93. The highest BCUT2D eigenvalue weighted by molar-refractivity contribution is 9.08. The lowest BCUT2D eigenvalue weighted by Gasteiger charge is -2.16. The molecule has 6 heteroatoms. The van der Waals surface area contributed by atoms with E-state index in [9.17, 15) is 14.4 Å². The third-order valence-electron chi connectivity index (χ3n) is 3.98. The second-order valence-corrected chi connectivity index (χ2v) is 5.72. The Morgan fingerprint density at radius 1 is 1.17 bits per heavy atom. The summed E-state index contributed by atoms with van der Waals surface area (Å²) in [5.74, 6) is -1.64. The number of nitrogens with zero attached hydrogens (tertiary/aromatic N) is 1. The second-order valence-electron chi connectivity index (χ2n) is 5.16. The fourth-order valence-electron chi connectivity index (χ4n) is 2.97. The molecule has 0 saturated heterocycles. The van der Waals surface area contributed by atoms with Crippen molar-refractivity contribution in [3.05, 3.63) is 46.8 Å². The first kappa shape index (κ1) is 15.7. The van der Waals surface area contributed by atoms with Gasteiger partial charge in [-0.25, -0.2) is 4.79 Å². The molecule has 1 heterocycles. The maximum atomic E-state index is 12.5. The lowest BCUT2D eigenvalue weighted by molar-refractivity contribution is 0.0526. The number of aromatic nitrogens is 1. The molecule has 2 aromatic rings. The summed E-state index contributed by atoms with van der Waals surface area (Å²) in [6.07, 6.45) is 0. The van der Waals surface area contributed by atoms with Crippen molar-refractivity contribution in [2.45, 2.75) is 12.3 Å². The van der Waals surface area contributed by atoms with E-state index in [0.29, 0.717) is 33.3 Å². The van der Waals surface area contributed by atoms with Crippen LogP contribution >= 0.6 is 15.9 Å². The lowest BCUT2D eigenvalue weighted by Crippen LogP contribution is -2.23. The van der Waals surface area contributed by atoms with Crippen LogP contribution in [0.25, 0.3) is 11.1 Å². The molecule has 5 nitrogen and oxygen atoms in total. The van der Waals surface area contributed by atoms with Gasteiger partial charge in [0.2, 0.25) is 5.78 Å². The van der Waals surface area contributed by atoms with E-state index in [1.54, 1.807) is 42.8 Å². The highest BCUT2D eigenvalue weighted by Crippen LogP contribution is 2.40. The van der Waals surface area contributed by atoms with Crippen molar-refractivity contribution in [3.8, 4) is 11.1 Å². The number of esters is 1. The van der Waals surface area contributed by atoms with Crippen molar-refractivity contribution in [2.24, 2.45) is 7.05 Å². The van der Waals surface area contributed by atoms with Gasteiger partial charge >= 0.3 is 5.97 Å². The van der Waals surface area contributed by atoms with Crippen LogP contribution in [0.2, 0.25) is 0 Å². The van der Waals surface area contributed by atoms with Gasteiger partial charge in [0, 0.05) is 29.2 Å². The predicted molar refractivity (Wildman–Crippen MR) is 88.1 cm³/mol. The first-order valence-corrected chi connectivity index (χ1v) is 8.28. The topological polar surface area (TPSA) is 65.4 Å². The molecular weight excluding hydrogens is 362 g/mol. The summed E-state index contributed by atoms with van der Waals surface area (Å²) >= 11 is 3.36. The van der Waals surface area contributed by atoms with E-state index in [1.165, 1.54) is 0 Å². The van der Waals surface area contributed by atoms with Crippen LogP contribution < -0.4 is 0 Å². The third kappa shape index (κ3) is 2.16. The number of carbonyl (C=O) groups is 3. The molecule has 1 aromatic heterocycles. The zero-order chi connectivity index (χ0) is 16.7. The van der Waals surface area contributed by atoms with E-state index < -0.39 is 17.5 Å². The molecule has 1 aliphatic carbocycles. The van der Waals surface area contributed by atoms with Gasteiger partial charge in [0.05, 0.1) is 12.2 Å². The van der Waals surface area contributed by atoms with E-state index >= 15 is 0 Å². The van der Waals surface area contributed by atoms with Gasteiger partial charge in [0.25, 0.3) is 5.78 Å². The molecule has 118 valence electrons. The molecule has 1 aliphatic rings. The van der Waals surface area contributed by atoms with Crippen LogP contribution in [0.1, 0.15) is 43.8 Å². The minimum absolute atomic E-state index is 0.235. The number of hydrogen-bond donors (Lipinski definition) is 0. The molecule has 0 aliphatic heterocycles. The summed E-state index contributed by atoms with van der Waals surface area (Å²) in [6.45, 7) is 1.96. The van der Waals surface area contributed by atoms with Gasteiger partial charge in [0.1, 0.15) is 5.69 Å². The first-order valence-electron chi connectivity index (χ1n) is 7.15. The van der Waals surface area contributed by atoms with Crippen molar-refractivity contribution < 1.29 is 19.1 Å². The Morgan fingerprint density at radius 3 is 2.43 bits per heavy atom. The zero-order valence-corrected chi connectivity index (χ0v) is 14.3. The summed E-state index contributed by atoms with van der Waals surface area (Å²) in [7, 11) is 1.68. The molecule has 0 atom stereocenters. The number of carbonyl (C=O) groups excluding carboxylic acids is 3. The molecule has 0 bridgehead atoms. The van der Waals surface area contributed by atoms with Crippen molar-refractivity contribution in [1.82, 2.24) is 4.57 Å². The van der Waals surface area contributed by atoms with Crippen LogP contribution in [0.3, 0.4) is 0 Å². The van der Waals surface area contributed by atoms with Crippen LogP contribution in [-0.2, 0) is 17.1 Å². The van der Waals surface area contributed by atoms with Crippen molar-refractivity contribution in [2.75, 3.05) is 6.61 Å². The van der Waals surface area contributed by atoms with E-state index in [-0.39, 0.29) is 12.3 Å². The number of benzene rings is 1. The Morgan fingerprint density at radius 2 is 1.83 bits per heavy atom. The molecule has 1 aromatic carbocycles. The molecule has 0 radical (unpaired) electrons. The molecule has 0 N–H and O–H groups in total. The monoisotopic (exact) mass is 375 g/mol. The second kappa shape index (κ2) is 5.77. The maximum absolute atomic E-state index is 12.5. The SMILES string of the molecule is CCOC(=O)c1c2c(n(C)c1CBr)C(=O)C(=O)c1ccccc1-2. The highest BCUT2D eigenvalue weighted by atomic mass is 79.9. The van der Waals surface area contributed by atoms with E-state index in [2.05, 4.69) is 15.9 Å². The van der Waals surface area contributed by atoms with Gasteiger partial charge in [-0.05, 0) is 12.5 Å². The Labute approximate surface area is 141 Å². The molecule has 0 amide bonds. The molecule has 0 spiro atoms. The van der Waals surface area contributed by atoms with Crippen LogP contribution in [0.4, 0.5) is 0 Å². The lowest BCUT2D eigenvalue weighted by atomic mass is 9.86. The number of Topliss-reactive ketones (excluding diaryl/α,β-unsaturated/α-hetero) is 2. The van der Waals surface area contributed by atoms with Crippen molar-refractivity contribution >= 4 is 33.5 Å². The predicted octanol–water partition coefficient (Wildman–Crippen LogP) is 3.14. The molecule has 0 saturated carbocycles. The van der Waals surface area contributed by atoms with Gasteiger partial charge in [-0.2, -0.15) is 0 Å². The van der Waals surface area contributed by atoms with E-state index in [0.717, 1.165) is 0 Å². The summed E-state index contributed by atoms with van der Waals surface area (Å²) < 4.78 is 6.76. The van der Waals surface area contributed by atoms with E-state index in [4.69, 9.17) is 4.74 Å². The van der Waals surface area contributed by atoms with Crippen LogP contribution in [-0.4, -0.2) is 28.7 Å². The molecule has 23 heavy (non-hydrogen) atoms. The van der Waals surface area contributed by atoms with Crippen LogP contribution in [0, 0.1) is 0 Å². The Balaban J connectivity index is 2.41. The summed E-state index contributed by atoms with van der Waals surface area (Å²) in [5, 5.41) is 0.369. The minimum atomic E-state index is -0.598. The summed E-state index contributed by atoms with van der Waals surface area (Å²) in [6, 6.07) is 6.84. The average molecular weight is 376 g/mol. The molecule has 0 fully saturated rings. The fraction of sp³-hybridized carbons (Fsp3) is 0.235. The van der Waals surface area contributed by atoms with Gasteiger partial charge in [0.15, 0.2) is 0 Å². The largest absolute Gasteiger partial charge is 0.462 e. The highest BCUT2D eigenvalue weighted by Gasteiger charge is 2.38. The Hall–Kier alpha value is -2.21. The molecule has 3 rings (SSSR count). The number of rotatable bonds is 3. The van der Waals surface area contributed by atoms with Crippen molar-refractivity contribution in [3.63, 3.8) is 0 Å². The van der Waals surface area contributed by atoms with Gasteiger partial charge in [-0.3, -0.25) is 9.59 Å². The smallest absolute Gasteiger partial charge is 0.340 e. The normalized spacial score (nSPS) is 12.8. The molecular formula is C17H14BrNO4. The minimum Gasteiger partial charge on any atom is -0.462 e. The number of ether oxygens (including phenoxy) is 1. The van der Waals surface area contributed by atoms with Crippen LogP contribution in [0.5, 0.6) is 0 Å². The molecule has 0 unspecified atom stereocenters. The van der Waals surface area contributed by atoms with Gasteiger partial charge < -0.3 is 9.30 Å². The summed E-state index contributed by atoms with van der Waals surface area (Å²) in [5.41, 5.74) is 2.60. The number of hydrogen-bond acceptors (Lipinski definition) is 4. The number of ketones is 2. The number of alkyl halides is 1. The van der Waals surface area contributed by atoms with Gasteiger partial charge in [-0.1, -0.05) is 40.2 Å². The number of halogens is 1. The summed E-state index contributed by atoms with van der Waals surface area (Å²) in [4.78, 5) is 37.3. The quantitative estimate of drug-likeness (QED) is 0.469. The first-order chi connectivity index (χ1) is 11.0. The number of fused-ring (bicyclic) bond motifs is 3. The van der Waals surface area contributed by atoms with E-state index in [1.807, 2.05) is 0 Å². The average Bonchev–Trinajstić information content (AvgIpc) is 2.85. The maximum Gasteiger partial charge on any atom is 0.340 e. The van der Waals surface area contributed by atoms with Crippen molar-refractivity contribution in [1.29, 1.82) is 0 Å². The third-order valence-corrected chi connectivity index (χ3v) is 4.52. The van der Waals surface area contributed by atoms with Crippen LogP contribution in [0.15, 0.2) is 24.3 Å². The van der Waals surface area contributed by atoms with Gasteiger partial charge in [-0.15, -0.1) is 0 Å². The Bertz CT molecular complexity index is 851. The fourth-order valence-corrected chi connectivity index (χ4v) is 3.63. The zero-order valence-electron chi connectivity index (χ0n) is 12.7. The standard InChI is InChI=1S/C17H14BrNO4/c1-3-23-17(22)13-11(8-18)19(2)14-12(13)9-6-4-5-7-10(9)15(20)16(14)21/h4-7H,3,8H2,1-2H3.